The third-order valence-electron chi connectivity index (χ3n) is 4.63. The smallest absolute Gasteiger partial charge is 0.220 e. The number of aromatic nitrogens is 2. The van der Waals surface area contributed by atoms with Gasteiger partial charge in [-0.2, -0.15) is 5.10 Å². The average molecular weight is 306 g/mol. The van der Waals surface area contributed by atoms with E-state index in [0.29, 0.717) is 18.6 Å². The van der Waals surface area contributed by atoms with E-state index in [1.807, 2.05) is 6.20 Å². The van der Waals surface area contributed by atoms with Crippen LogP contribution in [0.2, 0.25) is 0 Å². The second kappa shape index (κ2) is 7.74. The number of hydrogen-bond acceptors (Lipinski definition) is 4. The molecule has 122 valence electrons. The van der Waals surface area contributed by atoms with Crippen LogP contribution < -0.4 is 5.32 Å². The topological polar surface area (TPSA) is 70.2 Å². The zero-order chi connectivity index (χ0) is 15.2. The molecule has 2 aliphatic heterocycles. The maximum absolute atomic E-state index is 12.0. The number of aromatic amines is 1. The van der Waals surface area contributed by atoms with Crippen molar-refractivity contribution in [3.63, 3.8) is 0 Å². The van der Waals surface area contributed by atoms with Crippen LogP contribution in [0.1, 0.15) is 37.7 Å². The number of nitrogens with zero attached hydrogens (tertiary/aromatic N) is 2. The predicted molar refractivity (Wildman–Crippen MR) is 83.5 cm³/mol. The van der Waals surface area contributed by atoms with Crippen LogP contribution in [0, 0.1) is 0 Å². The number of rotatable bonds is 6. The van der Waals surface area contributed by atoms with E-state index < -0.39 is 0 Å². The highest BCUT2D eigenvalue weighted by atomic mass is 16.5. The Kier molecular flexibility index (Phi) is 5.45. The van der Waals surface area contributed by atoms with E-state index in [9.17, 15) is 4.79 Å². The van der Waals surface area contributed by atoms with Crippen LogP contribution in [0.3, 0.4) is 0 Å². The van der Waals surface area contributed by atoms with E-state index in [2.05, 4.69) is 20.4 Å². The fourth-order valence-corrected chi connectivity index (χ4v) is 3.31. The Bertz CT molecular complexity index is 449. The van der Waals surface area contributed by atoms with Gasteiger partial charge in [-0.15, -0.1) is 0 Å². The Balaban J connectivity index is 1.32. The lowest BCUT2D eigenvalue weighted by molar-refractivity contribution is -0.122. The average Bonchev–Trinajstić information content (AvgIpc) is 3.20. The summed E-state index contributed by atoms with van der Waals surface area (Å²) in [6.45, 7) is 4.11. The molecule has 2 N–H and O–H groups in total. The first kappa shape index (κ1) is 15.5. The Hall–Kier alpha value is -1.40. The van der Waals surface area contributed by atoms with Gasteiger partial charge < -0.3 is 15.0 Å². The number of carbonyl (C=O) groups excluding carboxylic acids is 1. The minimum atomic E-state index is 0.152. The molecular weight excluding hydrogens is 280 g/mol. The minimum absolute atomic E-state index is 0.152. The monoisotopic (exact) mass is 306 g/mol. The number of hydrogen-bond donors (Lipinski definition) is 2. The standard InChI is InChI=1S/C16H26N4O2/c21-16(4-3-13-10-17-18-11-13)19-14-5-7-20(8-6-14)12-15-2-1-9-22-15/h10-11,14-15H,1-9,12H2,(H,17,18)(H,19,21)/t15-/m0/s1. The van der Waals surface area contributed by atoms with Crippen LogP contribution >= 0.6 is 0 Å². The molecule has 0 saturated carbocycles. The highest BCUT2D eigenvalue weighted by Gasteiger charge is 2.24. The van der Waals surface area contributed by atoms with E-state index in [0.717, 1.165) is 51.1 Å². The zero-order valence-corrected chi connectivity index (χ0v) is 13.1. The Labute approximate surface area is 131 Å². The summed E-state index contributed by atoms with van der Waals surface area (Å²) in [7, 11) is 0. The first-order valence-electron chi connectivity index (χ1n) is 8.40. The van der Waals surface area contributed by atoms with Crippen molar-refractivity contribution >= 4 is 5.91 Å². The van der Waals surface area contributed by atoms with Gasteiger partial charge in [0.25, 0.3) is 0 Å². The molecule has 0 aromatic carbocycles. The van der Waals surface area contributed by atoms with E-state index in [4.69, 9.17) is 4.74 Å². The zero-order valence-electron chi connectivity index (χ0n) is 13.1. The number of amides is 1. The molecule has 0 spiro atoms. The van der Waals surface area contributed by atoms with Crippen molar-refractivity contribution in [2.75, 3.05) is 26.2 Å². The van der Waals surface area contributed by atoms with Crippen molar-refractivity contribution in [2.45, 2.75) is 50.7 Å². The predicted octanol–water partition coefficient (Wildman–Crippen LogP) is 1.10. The number of aryl methyl sites for hydroxylation is 1. The van der Waals surface area contributed by atoms with Crippen molar-refractivity contribution in [2.24, 2.45) is 0 Å². The summed E-state index contributed by atoms with van der Waals surface area (Å²) in [5.41, 5.74) is 1.08. The van der Waals surface area contributed by atoms with Gasteiger partial charge in [0.05, 0.1) is 12.3 Å². The van der Waals surface area contributed by atoms with Crippen molar-refractivity contribution < 1.29 is 9.53 Å². The van der Waals surface area contributed by atoms with Gasteiger partial charge in [0.2, 0.25) is 5.91 Å². The third-order valence-corrected chi connectivity index (χ3v) is 4.63. The lowest BCUT2D eigenvalue weighted by atomic mass is 10.0. The molecule has 0 radical (unpaired) electrons. The summed E-state index contributed by atoms with van der Waals surface area (Å²) in [5, 5.41) is 9.83. The molecular formula is C16H26N4O2. The molecule has 0 unspecified atom stereocenters. The highest BCUT2D eigenvalue weighted by molar-refractivity contribution is 5.76. The maximum atomic E-state index is 12.0. The van der Waals surface area contributed by atoms with E-state index in [-0.39, 0.29) is 5.91 Å². The molecule has 3 heterocycles. The first-order chi connectivity index (χ1) is 10.8. The number of nitrogens with one attached hydrogen (secondary N) is 2. The van der Waals surface area contributed by atoms with Crippen LogP contribution in [-0.2, 0) is 16.0 Å². The van der Waals surface area contributed by atoms with Gasteiger partial charge in [0.15, 0.2) is 0 Å². The molecule has 2 saturated heterocycles. The molecule has 1 aromatic heterocycles. The largest absolute Gasteiger partial charge is 0.377 e. The van der Waals surface area contributed by atoms with Crippen LogP contribution in [-0.4, -0.2) is 59.4 Å². The molecule has 0 bridgehead atoms. The van der Waals surface area contributed by atoms with Crippen LogP contribution in [0.5, 0.6) is 0 Å². The van der Waals surface area contributed by atoms with Gasteiger partial charge in [0, 0.05) is 44.9 Å². The molecule has 22 heavy (non-hydrogen) atoms. The third kappa shape index (κ3) is 4.55. The molecule has 2 aliphatic rings. The summed E-state index contributed by atoms with van der Waals surface area (Å²) >= 11 is 0. The second-order valence-electron chi connectivity index (χ2n) is 6.38. The number of ether oxygens (including phenoxy) is 1. The Morgan fingerprint density at radius 2 is 2.27 bits per heavy atom. The maximum Gasteiger partial charge on any atom is 0.220 e. The second-order valence-corrected chi connectivity index (χ2v) is 6.38. The number of likely N-dealkylation sites (tertiary alicyclic amines) is 1. The Morgan fingerprint density at radius 3 is 2.95 bits per heavy atom. The normalized spacial score (nSPS) is 23.7. The lowest BCUT2D eigenvalue weighted by Crippen LogP contribution is -2.46. The van der Waals surface area contributed by atoms with Gasteiger partial charge in [-0.3, -0.25) is 9.89 Å². The number of piperidine rings is 1. The number of H-pyrrole nitrogens is 1. The summed E-state index contributed by atoms with van der Waals surface area (Å²) in [5.74, 6) is 0.152. The van der Waals surface area contributed by atoms with E-state index in [1.54, 1.807) is 6.20 Å². The molecule has 0 aliphatic carbocycles. The van der Waals surface area contributed by atoms with Gasteiger partial charge in [-0.05, 0) is 37.7 Å². The highest BCUT2D eigenvalue weighted by Crippen LogP contribution is 2.17. The molecule has 6 nitrogen and oxygen atoms in total. The molecule has 1 amide bonds. The van der Waals surface area contributed by atoms with Crippen molar-refractivity contribution in [1.29, 1.82) is 0 Å². The summed E-state index contributed by atoms with van der Waals surface area (Å²) < 4.78 is 5.70. The van der Waals surface area contributed by atoms with Crippen molar-refractivity contribution in [3.05, 3.63) is 18.0 Å². The van der Waals surface area contributed by atoms with Gasteiger partial charge in [-0.25, -0.2) is 0 Å². The van der Waals surface area contributed by atoms with Gasteiger partial charge in [0.1, 0.15) is 0 Å². The van der Waals surface area contributed by atoms with Crippen LogP contribution in [0.15, 0.2) is 12.4 Å². The van der Waals surface area contributed by atoms with E-state index in [1.165, 1.54) is 12.8 Å². The van der Waals surface area contributed by atoms with Crippen molar-refractivity contribution in [1.82, 2.24) is 20.4 Å². The molecule has 2 fully saturated rings. The molecule has 6 heteroatoms. The van der Waals surface area contributed by atoms with Crippen molar-refractivity contribution in [3.8, 4) is 0 Å². The van der Waals surface area contributed by atoms with Crippen LogP contribution in [0.4, 0.5) is 0 Å². The minimum Gasteiger partial charge on any atom is -0.377 e. The SMILES string of the molecule is O=C(CCc1cn[nH]c1)NC1CCN(C[C@@H]2CCCO2)CC1. The fraction of sp³-hybridized carbons (Fsp3) is 0.750. The molecule has 1 aromatic rings. The first-order valence-corrected chi connectivity index (χ1v) is 8.40. The fourth-order valence-electron chi connectivity index (χ4n) is 3.31. The summed E-state index contributed by atoms with van der Waals surface area (Å²) in [6, 6.07) is 0.331. The van der Waals surface area contributed by atoms with Gasteiger partial charge >= 0.3 is 0 Å². The Morgan fingerprint density at radius 1 is 1.41 bits per heavy atom. The summed E-state index contributed by atoms with van der Waals surface area (Å²) in [6.07, 6.45) is 9.83. The van der Waals surface area contributed by atoms with E-state index >= 15 is 0 Å². The van der Waals surface area contributed by atoms with Crippen LogP contribution in [0.25, 0.3) is 0 Å². The summed E-state index contributed by atoms with van der Waals surface area (Å²) in [4.78, 5) is 14.5. The number of carbonyl (C=O) groups is 1. The molecule has 1 atom stereocenters. The molecule has 3 rings (SSSR count). The lowest BCUT2D eigenvalue weighted by Gasteiger charge is -2.33. The quantitative estimate of drug-likeness (QED) is 0.826. The van der Waals surface area contributed by atoms with Gasteiger partial charge in [-0.1, -0.05) is 0 Å².